The summed E-state index contributed by atoms with van der Waals surface area (Å²) in [5.41, 5.74) is -0.320. The normalized spacial score (nSPS) is 26.5. The summed E-state index contributed by atoms with van der Waals surface area (Å²) in [4.78, 5) is 66.1. The zero-order chi connectivity index (χ0) is 48.1. The molecule has 0 unspecified atom stereocenters. The number of ether oxygens (including phenoxy) is 3. The Morgan fingerprint density at radius 1 is 0.969 bits per heavy atom. The first-order valence-corrected chi connectivity index (χ1v) is 23.0. The average Bonchev–Trinajstić information content (AvgIpc) is 3.58. The molecule has 5 rings (SSSR count). The number of carboxylic acid groups (broad SMARTS) is 1. The van der Waals surface area contributed by atoms with Gasteiger partial charge in [0.25, 0.3) is 5.91 Å². The molecule has 1 saturated heterocycles. The molecule has 1 fully saturated rings. The number of amides is 1. The fourth-order valence-corrected chi connectivity index (χ4v) is 9.52. The van der Waals surface area contributed by atoms with Gasteiger partial charge in [-0.1, -0.05) is 71.9 Å². The Balaban J connectivity index is 1.72. The minimum atomic E-state index is -1.55. The van der Waals surface area contributed by atoms with Crippen LogP contribution in [0.25, 0.3) is 10.8 Å². The minimum Gasteiger partial charge on any atom is -0.507 e. The lowest BCUT2D eigenvalue weighted by atomic mass is 9.80. The summed E-state index contributed by atoms with van der Waals surface area (Å²) in [5.74, 6) is -6.07. The van der Waals surface area contributed by atoms with Crippen molar-refractivity contribution in [3.63, 3.8) is 0 Å². The third kappa shape index (κ3) is 12.0. The number of carbonyl (C=O) groups is 4. The number of ketones is 1. The molecule has 65 heavy (non-hydrogen) atoms. The Kier molecular flexibility index (Phi) is 16.4. The van der Waals surface area contributed by atoms with Crippen LogP contribution in [-0.2, 0) is 23.9 Å². The largest absolute Gasteiger partial charge is 0.507 e. The van der Waals surface area contributed by atoms with Gasteiger partial charge in [0.2, 0.25) is 0 Å². The summed E-state index contributed by atoms with van der Waals surface area (Å²) in [6.45, 7) is 22.6. The van der Waals surface area contributed by atoms with E-state index in [-0.39, 0.29) is 74.7 Å². The fourth-order valence-electron chi connectivity index (χ4n) is 9.52. The van der Waals surface area contributed by atoms with Crippen LogP contribution in [0.5, 0.6) is 17.2 Å². The van der Waals surface area contributed by atoms with Gasteiger partial charge in [0.05, 0.1) is 29.0 Å². The van der Waals surface area contributed by atoms with Gasteiger partial charge in [0, 0.05) is 61.3 Å². The van der Waals surface area contributed by atoms with Crippen LogP contribution in [0.2, 0.25) is 0 Å². The number of likely N-dealkylation sites (tertiary alicyclic amines) is 1. The van der Waals surface area contributed by atoms with Crippen molar-refractivity contribution in [1.29, 1.82) is 0 Å². The highest BCUT2D eigenvalue weighted by atomic mass is 16.6. The topological polar surface area (TPSA) is 217 Å². The van der Waals surface area contributed by atoms with Crippen molar-refractivity contribution in [3.05, 3.63) is 57.8 Å². The van der Waals surface area contributed by atoms with Gasteiger partial charge in [-0.05, 0) is 71.1 Å². The number of piperidine rings is 1. The molecular formula is C50H70N4O11. The van der Waals surface area contributed by atoms with E-state index in [9.17, 15) is 39.6 Å². The van der Waals surface area contributed by atoms with Crippen LogP contribution >= 0.6 is 0 Å². The number of aromatic hydroxyl groups is 2. The second-order valence-electron chi connectivity index (χ2n) is 19.3. The molecule has 15 nitrogen and oxygen atoms in total. The van der Waals surface area contributed by atoms with Crippen molar-refractivity contribution in [2.24, 2.45) is 39.6 Å². The van der Waals surface area contributed by atoms with Gasteiger partial charge >= 0.3 is 11.9 Å². The predicted octanol–water partition coefficient (Wildman–Crippen LogP) is 7.07. The van der Waals surface area contributed by atoms with Gasteiger partial charge < -0.3 is 44.9 Å². The molecule has 1 spiro atoms. The van der Waals surface area contributed by atoms with Crippen molar-refractivity contribution in [1.82, 2.24) is 4.90 Å². The maximum atomic E-state index is 14.7. The number of hydrogen-bond donors (Lipinski definition) is 5. The lowest BCUT2D eigenvalue weighted by molar-refractivity contribution is -0.237. The zero-order valence-corrected chi connectivity index (χ0v) is 40.0. The number of carbonyl (C=O) groups excluding carboxylic acids is 3. The van der Waals surface area contributed by atoms with E-state index in [1.54, 1.807) is 45.1 Å². The summed E-state index contributed by atoms with van der Waals surface area (Å²) in [7, 11) is 0. The number of nitrogens with zero attached hydrogens (tertiary/aromatic N) is 3. The Hall–Kier alpha value is -5.12. The molecule has 3 aliphatic heterocycles. The molecule has 2 aromatic rings. The van der Waals surface area contributed by atoms with Crippen molar-refractivity contribution < 1.29 is 53.8 Å². The fraction of sp³-hybridized carbons (Fsp3) is 0.600. The first kappa shape index (κ1) is 50.9. The molecule has 3 heterocycles. The summed E-state index contributed by atoms with van der Waals surface area (Å²) < 4.78 is 18.3. The van der Waals surface area contributed by atoms with E-state index in [1.165, 1.54) is 13.8 Å². The van der Waals surface area contributed by atoms with Gasteiger partial charge in [0.1, 0.15) is 35.1 Å². The van der Waals surface area contributed by atoms with Crippen molar-refractivity contribution in [2.75, 3.05) is 31.6 Å². The number of phenolic OH excluding ortho intramolecular Hbond substituents is 2. The van der Waals surface area contributed by atoms with Crippen LogP contribution in [0.3, 0.4) is 0 Å². The number of phenols is 2. The Morgan fingerprint density at radius 3 is 2.25 bits per heavy atom. The average molecular weight is 903 g/mol. The van der Waals surface area contributed by atoms with Gasteiger partial charge in [0.15, 0.2) is 23.0 Å². The number of aliphatic carboxylic acids is 1. The molecule has 3 aliphatic rings. The quantitative estimate of drug-likeness (QED) is 0.0562. The molecule has 1 amide bonds. The molecule has 0 radical (unpaired) electrons. The maximum Gasteiger partial charge on any atom is 0.317 e. The summed E-state index contributed by atoms with van der Waals surface area (Å²) in [5, 5.41) is 47.9. The summed E-state index contributed by atoms with van der Waals surface area (Å²) >= 11 is 0. The number of benzene rings is 2. The van der Waals surface area contributed by atoms with E-state index >= 15 is 0 Å². The van der Waals surface area contributed by atoms with Crippen LogP contribution in [0.1, 0.15) is 124 Å². The van der Waals surface area contributed by atoms with Gasteiger partial charge in [-0.25, -0.2) is 0 Å². The molecule has 0 saturated carbocycles. The maximum absolute atomic E-state index is 14.7. The SMILES string of the molecule is CCOc1c(C)c(O)c2c(O)c3c4c(c2c1C(=O)C/C=C/C[C@@H](C)[C@@H](OC(=O)CC(=O)O)[C@H](C)[C@H](OC(C)(C)O)[C@H](C)C[C@@H](C)/C=C/C=C(/C)C(=O)N3)=NC1(CCN(CC(C)C)CC1)N=4. The van der Waals surface area contributed by atoms with Crippen LogP contribution in [0.4, 0.5) is 5.69 Å². The Bertz CT molecular complexity index is 2350. The van der Waals surface area contributed by atoms with Gasteiger partial charge in [-0.15, -0.1) is 0 Å². The number of Topliss-reactive ketones (excluding diaryl/α,β-unsaturated/α-hetero) is 1. The Labute approximate surface area is 382 Å². The highest BCUT2D eigenvalue weighted by molar-refractivity contribution is 6.16. The number of hydrogen-bond acceptors (Lipinski definition) is 13. The van der Waals surface area contributed by atoms with Crippen LogP contribution in [0, 0.1) is 36.5 Å². The number of nitrogens with one attached hydrogen (secondary N) is 1. The smallest absolute Gasteiger partial charge is 0.317 e. The molecule has 5 N–H and O–H groups in total. The third-order valence-corrected chi connectivity index (χ3v) is 12.6. The van der Waals surface area contributed by atoms with E-state index in [0.717, 1.165) is 6.54 Å². The Morgan fingerprint density at radius 2 is 1.63 bits per heavy atom. The molecule has 15 heteroatoms. The van der Waals surface area contributed by atoms with E-state index in [4.69, 9.17) is 24.2 Å². The molecule has 356 valence electrons. The molecule has 2 bridgehead atoms. The van der Waals surface area contributed by atoms with Gasteiger partial charge in [-0.2, -0.15) is 0 Å². The molecule has 0 aliphatic carbocycles. The monoisotopic (exact) mass is 903 g/mol. The van der Waals surface area contributed by atoms with Gasteiger partial charge in [-0.3, -0.25) is 29.2 Å². The summed E-state index contributed by atoms with van der Waals surface area (Å²) in [6, 6.07) is 0. The van der Waals surface area contributed by atoms with Crippen LogP contribution < -0.4 is 20.8 Å². The van der Waals surface area contributed by atoms with Crippen molar-refractivity contribution in [2.45, 2.75) is 138 Å². The minimum absolute atomic E-state index is 0.0169. The van der Waals surface area contributed by atoms with Crippen molar-refractivity contribution in [3.8, 4) is 17.2 Å². The second kappa shape index (κ2) is 21.0. The summed E-state index contributed by atoms with van der Waals surface area (Å²) in [6.07, 6.45) is 8.39. The van der Waals surface area contributed by atoms with E-state index in [1.807, 2.05) is 33.8 Å². The van der Waals surface area contributed by atoms with Crippen molar-refractivity contribution >= 4 is 40.1 Å². The van der Waals surface area contributed by atoms with E-state index in [2.05, 4.69) is 24.1 Å². The molecular weight excluding hydrogens is 833 g/mol. The lowest BCUT2D eigenvalue weighted by Crippen LogP contribution is -2.45. The van der Waals surface area contributed by atoms with Crippen LogP contribution in [0.15, 0.2) is 45.9 Å². The zero-order valence-electron chi connectivity index (χ0n) is 40.0. The van der Waals surface area contributed by atoms with E-state index < -0.39 is 71.3 Å². The van der Waals surface area contributed by atoms with E-state index in [0.29, 0.717) is 50.3 Å². The molecule has 6 atom stereocenters. The highest BCUT2D eigenvalue weighted by Gasteiger charge is 2.41. The lowest BCUT2D eigenvalue weighted by Gasteiger charge is -2.40. The standard InChI is InChI=1S/C50H70N4O11/c1-12-63-47-32(8)43(59)39-38-37(47)34(55)19-14-13-17-29(5)45(64-36(58)25-35(56)57)33(9)46(65-49(10,11)62)31(7)24-28(4)16-15-18-30(6)48(61)51-42(44(39)60)41-40(38)52-50(53-41)20-22-54(23-21-50)26-27(2)3/h13-16,18,27-29,31,33,45-46,59-60,62H,12,17,19-26H2,1-11H3,(H,51,61)(H,56,57)/b14-13+,16-15+,30-18-/t28-,29+,31+,33-,45+,46+/m0/s1. The highest BCUT2D eigenvalue weighted by Crippen LogP contribution is 2.46. The predicted molar refractivity (Wildman–Crippen MR) is 248 cm³/mol. The number of rotatable bonds is 9. The number of aliphatic hydroxyl groups is 1. The number of esters is 1. The third-order valence-electron chi connectivity index (χ3n) is 12.6. The van der Waals surface area contributed by atoms with Crippen LogP contribution in [-0.4, -0.2) is 98.9 Å². The first-order chi connectivity index (χ1) is 30.5. The number of anilines is 1. The first-order valence-electron chi connectivity index (χ1n) is 23.0. The molecule has 2 aromatic carbocycles. The second-order valence-corrected chi connectivity index (χ2v) is 19.3. The molecule has 0 aromatic heterocycles. The number of allylic oxidation sites excluding steroid dienone is 5. The number of carboxylic acids is 1.